The van der Waals surface area contributed by atoms with Crippen LogP contribution in [0.1, 0.15) is 37.7 Å². The van der Waals surface area contributed by atoms with Crippen LogP contribution in [0, 0.1) is 11.7 Å². The van der Waals surface area contributed by atoms with E-state index in [1.165, 1.54) is 12.1 Å². The standard InChI is InChI=1S/C17H22FN5O/c18-15-8-6-13(7-9-15)11-14-3-1-4-16(14)20-17(24)5-2-10-23-12-19-21-22-23/h6-9,12,14,16H,1-5,10-11H2,(H,20,24)/t14-,16-/m1/s1. The zero-order chi connectivity index (χ0) is 16.8. The number of carbonyl (C=O) groups excluding carboxylic acids is 1. The number of hydrogen-bond donors (Lipinski definition) is 1. The van der Waals surface area contributed by atoms with E-state index in [0.29, 0.717) is 25.3 Å². The minimum absolute atomic E-state index is 0.0825. The molecule has 1 amide bonds. The highest BCUT2D eigenvalue weighted by molar-refractivity contribution is 5.76. The third-order valence-corrected chi connectivity index (χ3v) is 4.60. The predicted molar refractivity (Wildman–Crippen MR) is 86.4 cm³/mol. The molecule has 1 aliphatic carbocycles. The van der Waals surface area contributed by atoms with Gasteiger partial charge in [0.15, 0.2) is 0 Å². The van der Waals surface area contributed by atoms with Crippen molar-refractivity contribution >= 4 is 5.91 Å². The zero-order valence-electron chi connectivity index (χ0n) is 13.6. The van der Waals surface area contributed by atoms with E-state index in [4.69, 9.17) is 0 Å². The molecule has 24 heavy (non-hydrogen) atoms. The third kappa shape index (κ3) is 4.59. The van der Waals surface area contributed by atoms with Crippen LogP contribution in [-0.4, -0.2) is 32.2 Å². The fourth-order valence-corrected chi connectivity index (χ4v) is 3.36. The molecule has 6 nitrogen and oxygen atoms in total. The first kappa shape index (κ1) is 16.5. The highest BCUT2D eigenvalue weighted by Gasteiger charge is 2.28. The van der Waals surface area contributed by atoms with Crippen LogP contribution in [0.25, 0.3) is 0 Å². The maximum absolute atomic E-state index is 13.0. The summed E-state index contributed by atoms with van der Waals surface area (Å²) in [5.41, 5.74) is 1.13. The Hall–Kier alpha value is -2.31. The molecule has 3 rings (SSSR count). The van der Waals surface area contributed by atoms with Gasteiger partial charge in [-0.25, -0.2) is 9.07 Å². The molecule has 1 aromatic heterocycles. The van der Waals surface area contributed by atoms with Gasteiger partial charge < -0.3 is 5.32 Å². The second-order valence-electron chi connectivity index (χ2n) is 6.37. The van der Waals surface area contributed by atoms with E-state index in [-0.39, 0.29) is 17.8 Å². The average molecular weight is 331 g/mol. The first-order chi connectivity index (χ1) is 11.7. The Bertz CT molecular complexity index is 644. The lowest BCUT2D eigenvalue weighted by Gasteiger charge is -2.21. The maximum Gasteiger partial charge on any atom is 0.220 e. The largest absolute Gasteiger partial charge is 0.353 e. The normalized spacial score (nSPS) is 20.2. The van der Waals surface area contributed by atoms with Crippen molar-refractivity contribution in [3.8, 4) is 0 Å². The number of aryl methyl sites for hydroxylation is 1. The fraction of sp³-hybridized carbons (Fsp3) is 0.529. The lowest BCUT2D eigenvalue weighted by Crippen LogP contribution is -2.38. The van der Waals surface area contributed by atoms with Crippen LogP contribution in [0.5, 0.6) is 0 Å². The molecule has 0 radical (unpaired) electrons. The van der Waals surface area contributed by atoms with Crippen LogP contribution in [0.3, 0.4) is 0 Å². The Morgan fingerprint density at radius 2 is 2.12 bits per heavy atom. The van der Waals surface area contributed by atoms with Gasteiger partial charge in [0.1, 0.15) is 12.1 Å². The van der Waals surface area contributed by atoms with Crippen LogP contribution >= 0.6 is 0 Å². The van der Waals surface area contributed by atoms with Gasteiger partial charge >= 0.3 is 0 Å². The highest BCUT2D eigenvalue weighted by atomic mass is 19.1. The number of benzene rings is 1. The Labute approximate surface area is 140 Å². The van der Waals surface area contributed by atoms with Crippen LogP contribution in [0.4, 0.5) is 4.39 Å². The number of amides is 1. The third-order valence-electron chi connectivity index (χ3n) is 4.60. The molecular formula is C17H22FN5O. The van der Waals surface area contributed by atoms with Crippen molar-refractivity contribution in [3.05, 3.63) is 42.0 Å². The molecule has 1 fully saturated rings. The second-order valence-corrected chi connectivity index (χ2v) is 6.37. The number of tetrazole rings is 1. The van der Waals surface area contributed by atoms with Gasteiger partial charge in [-0.05, 0) is 59.7 Å². The minimum atomic E-state index is -0.211. The number of halogens is 1. The summed E-state index contributed by atoms with van der Waals surface area (Å²) in [6.45, 7) is 0.643. The second kappa shape index (κ2) is 7.99. The summed E-state index contributed by atoms with van der Waals surface area (Å²) < 4.78 is 14.6. The van der Waals surface area contributed by atoms with E-state index in [9.17, 15) is 9.18 Å². The molecular weight excluding hydrogens is 309 g/mol. The lowest BCUT2D eigenvalue weighted by atomic mass is 9.94. The topological polar surface area (TPSA) is 72.7 Å². The summed E-state index contributed by atoms with van der Waals surface area (Å²) in [5, 5.41) is 14.1. The van der Waals surface area contributed by atoms with Crippen LogP contribution in [-0.2, 0) is 17.8 Å². The molecule has 0 spiro atoms. The van der Waals surface area contributed by atoms with Crippen molar-refractivity contribution in [3.63, 3.8) is 0 Å². The zero-order valence-corrected chi connectivity index (χ0v) is 13.6. The van der Waals surface area contributed by atoms with Crippen LogP contribution in [0.2, 0.25) is 0 Å². The first-order valence-corrected chi connectivity index (χ1v) is 8.45. The summed E-state index contributed by atoms with van der Waals surface area (Å²) in [5.74, 6) is 0.301. The van der Waals surface area contributed by atoms with E-state index in [1.807, 2.05) is 12.1 Å². The molecule has 7 heteroatoms. The predicted octanol–water partition coefficient (Wildman–Crippen LogP) is 2.12. The van der Waals surface area contributed by atoms with E-state index >= 15 is 0 Å². The molecule has 2 aromatic rings. The smallest absolute Gasteiger partial charge is 0.220 e. The molecule has 0 unspecified atom stereocenters. The number of aromatic nitrogens is 4. The van der Waals surface area contributed by atoms with Gasteiger partial charge in [-0.2, -0.15) is 0 Å². The summed E-state index contributed by atoms with van der Waals surface area (Å²) in [6.07, 6.45) is 6.87. The van der Waals surface area contributed by atoms with Gasteiger partial charge in [-0.3, -0.25) is 4.79 Å². The van der Waals surface area contributed by atoms with Gasteiger partial charge in [0.2, 0.25) is 5.91 Å². The lowest BCUT2D eigenvalue weighted by molar-refractivity contribution is -0.122. The summed E-state index contributed by atoms with van der Waals surface area (Å²) in [6, 6.07) is 6.88. The molecule has 1 aromatic carbocycles. The Kier molecular flexibility index (Phi) is 5.51. The maximum atomic E-state index is 13.0. The van der Waals surface area contributed by atoms with E-state index in [1.54, 1.807) is 11.0 Å². The van der Waals surface area contributed by atoms with E-state index in [2.05, 4.69) is 20.8 Å². The number of nitrogens with one attached hydrogen (secondary N) is 1. The quantitative estimate of drug-likeness (QED) is 0.843. The van der Waals surface area contributed by atoms with Crippen molar-refractivity contribution in [2.24, 2.45) is 5.92 Å². The van der Waals surface area contributed by atoms with Crippen LogP contribution < -0.4 is 5.32 Å². The fourth-order valence-electron chi connectivity index (χ4n) is 3.36. The van der Waals surface area contributed by atoms with Gasteiger partial charge in [-0.15, -0.1) is 5.10 Å². The highest BCUT2D eigenvalue weighted by Crippen LogP contribution is 2.29. The van der Waals surface area contributed by atoms with Gasteiger partial charge in [0.25, 0.3) is 0 Å². The molecule has 1 saturated carbocycles. The van der Waals surface area contributed by atoms with E-state index < -0.39 is 0 Å². The molecule has 128 valence electrons. The van der Waals surface area contributed by atoms with Crippen molar-refractivity contribution in [2.75, 3.05) is 0 Å². The van der Waals surface area contributed by atoms with Crippen molar-refractivity contribution < 1.29 is 9.18 Å². The molecule has 2 atom stereocenters. The van der Waals surface area contributed by atoms with Crippen molar-refractivity contribution in [1.82, 2.24) is 25.5 Å². The minimum Gasteiger partial charge on any atom is -0.353 e. The van der Waals surface area contributed by atoms with Crippen molar-refractivity contribution in [2.45, 2.75) is 51.1 Å². The monoisotopic (exact) mass is 331 g/mol. The molecule has 1 N–H and O–H groups in total. The molecule has 1 aliphatic rings. The van der Waals surface area contributed by atoms with Gasteiger partial charge in [-0.1, -0.05) is 18.6 Å². The summed E-state index contributed by atoms with van der Waals surface area (Å²) in [4.78, 5) is 12.1. The Morgan fingerprint density at radius 1 is 1.29 bits per heavy atom. The Morgan fingerprint density at radius 3 is 2.88 bits per heavy atom. The molecule has 0 aliphatic heterocycles. The van der Waals surface area contributed by atoms with Crippen molar-refractivity contribution in [1.29, 1.82) is 0 Å². The van der Waals surface area contributed by atoms with Gasteiger partial charge in [0.05, 0.1) is 0 Å². The van der Waals surface area contributed by atoms with Gasteiger partial charge in [0, 0.05) is 19.0 Å². The first-order valence-electron chi connectivity index (χ1n) is 8.45. The average Bonchev–Trinajstić information content (AvgIpc) is 3.22. The molecule has 0 saturated heterocycles. The van der Waals surface area contributed by atoms with Crippen LogP contribution in [0.15, 0.2) is 30.6 Å². The summed E-state index contributed by atoms with van der Waals surface area (Å²) >= 11 is 0. The summed E-state index contributed by atoms with van der Waals surface area (Å²) in [7, 11) is 0. The molecule has 0 bridgehead atoms. The van der Waals surface area contributed by atoms with E-state index in [0.717, 1.165) is 31.2 Å². The SMILES string of the molecule is O=C(CCCn1cnnn1)N[C@@H]1CCC[C@@H]1Cc1ccc(F)cc1. The number of nitrogens with zero attached hydrogens (tertiary/aromatic N) is 4. The number of hydrogen-bond acceptors (Lipinski definition) is 4. The Balaban J connectivity index is 1.44. The number of rotatable bonds is 7. The number of carbonyl (C=O) groups is 1. The molecule has 1 heterocycles.